The summed E-state index contributed by atoms with van der Waals surface area (Å²) in [6.07, 6.45) is 0. The average molecular weight is 425 g/mol. The lowest BCUT2D eigenvalue weighted by molar-refractivity contribution is 0.590. The molecule has 0 aliphatic rings. The Morgan fingerprint density at radius 2 is 1.41 bits per heavy atom. The first kappa shape index (κ1) is 21.0. The summed E-state index contributed by atoms with van der Waals surface area (Å²) in [5, 5.41) is 13.9. The van der Waals surface area contributed by atoms with Crippen molar-refractivity contribution in [3.63, 3.8) is 0 Å². The number of nitrogens with one attached hydrogen (secondary N) is 1. The molecule has 0 amide bonds. The highest BCUT2D eigenvalue weighted by Crippen LogP contribution is 2.33. The van der Waals surface area contributed by atoms with Gasteiger partial charge in [0.2, 0.25) is 5.84 Å². The van der Waals surface area contributed by atoms with Crippen LogP contribution in [0.15, 0.2) is 88.1 Å². The summed E-state index contributed by atoms with van der Waals surface area (Å²) in [5.41, 5.74) is 6.39. The van der Waals surface area contributed by atoms with Crippen LogP contribution in [0.3, 0.4) is 0 Å². The minimum atomic E-state index is 0.0602. The zero-order chi connectivity index (χ0) is 20.9. The van der Waals surface area contributed by atoms with Gasteiger partial charge in [-0.1, -0.05) is 92.5 Å². The molecule has 0 atom stereocenters. The van der Waals surface area contributed by atoms with Crippen molar-refractivity contribution in [1.29, 1.82) is 0 Å². The summed E-state index contributed by atoms with van der Waals surface area (Å²) in [6.45, 7) is 6.52. The molecule has 0 fully saturated rings. The molecular weight excluding hydrogens is 403 g/mol. The van der Waals surface area contributed by atoms with Crippen molar-refractivity contribution >= 4 is 40.4 Å². The molecule has 148 valence electrons. The summed E-state index contributed by atoms with van der Waals surface area (Å²) in [5.74, 6) is 0.422. The molecule has 3 aromatic rings. The van der Waals surface area contributed by atoms with Crippen LogP contribution >= 0.6 is 23.2 Å². The quantitative estimate of drug-likeness (QED) is 0.197. The molecular formula is C23H22Cl2N4. The first-order valence-corrected chi connectivity index (χ1v) is 9.95. The van der Waals surface area contributed by atoms with Gasteiger partial charge >= 0.3 is 0 Å². The average Bonchev–Trinajstić information content (AvgIpc) is 2.70. The minimum Gasteiger partial charge on any atom is -0.276 e. The number of hydrazone groups is 1. The lowest BCUT2D eigenvalue weighted by Crippen LogP contribution is -2.11. The maximum absolute atomic E-state index is 6.21. The fraction of sp³-hybridized carbons (Fsp3) is 0.174. The Morgan fingerprint density at radius 1 is 0.793 bits per heavy atom. The molecule has 0 heterocycles. The van der Waals surface area contributed by atoms with Crippen molar-refractivity contribution in [2.24, 2.45) is 15.3 Å². The van der Waals surface area contributed by atoms with E-state index < -0.39 is 0 Å². The second kappa shape index (κ2) is 9.21. The second-order valence-electron chi connectivity index (χ2n) is 7.51. The third kappa shape index (κ3) is 5.66. The SMILES string of the molecule is CC(C)(C)c1ccc(C(N=Nc2c(Cl)cccc2Cl)=NNc2ccccc2)cc1. The van der Waals surface area contributed by atoms with E-state index in [0.717, 1.165) is 11.3 Å². The Bertz CT molecular complexity index is 1000. The van der Waals surface area contributed by atoms with Gasteiger partial charge in [0.1, 0.15) is 5.69 Å². The Balaban J connectivity index is 1.96. The van der Waals surface area contributed by atoms with Gasteiger partial charge in [-0.3, -0.25) is 5.43 Å². The van der Waals surface area contributed by atoms with E-state index >= 15 is 0 Å². The van der Waals surface area contributed by atoms with Gasteiger partial charge in [-0.05, 0) is 35.2 Å². The van der Waals surface area contributed by atoms with Crippen LogP contribution in [0, 0.1) is 0 Å². The number of hydrogen-bond acceptors (Lipinski definition) is 3. The smallest absolute Gasteiger partial charge is 0.201 e. The van der Waals surface area contributed by atoms with Crippen LogP contribution in [-0.4, -0.2) is 5.84 Å². The van der Waals surface area contributed by atoms with Gasteiger partial charge in [-0.15, -0.1) is 10.2 Å². The fourth-order valence-electron chi connectivity index (χ4n) is 2.58. The molecule has 6 heteroatoms. The van der Waals surface area contributed by atoms with E-state index in [4.69, 9.17) is 23.2 Å². The van der Waals surface area contributed by atoms with Crippen LogP contribution < -0.4 is 5.43 Å². The summed E-state index contributed by atoms with van der Waals surface area (Å²) in [4.78, 5) is 0. The molecule has 0 saturated heterocycles. The number of para-hydroxylation sites is 1. The first-order chi connectivity index (χ1) is 13.8. The van der Waals surface area contributed by atoms with E-state index in [2.05, 4.69) is 53.7 Å². The molecule has 3 rings (SSSR count). The van der Waals surface area contributed by atoms with Crippen molar-refractivity contribution in [2.45, 2.75) is 26.2 Å². The number of azo groups is 1. The van der Waals surface area contributed by atoms with Gasteiger partial charge < -0.3 is 0 Å². The zero-order valence-electron chi connectivity index (χ0n) is 16.5. The number of nitrogens with zero attached hydrogens (tertiary/aromatic N) is 3. The largest absolute Gasteiger partial charge is 0.276 e. The van der Waals surface area contributed by atoms with Crippen LogP contribution in [-0.2, 0) is 5.41 Å². The van der Waals surface area contributed by atoms with Crippen molar-refractivity contribution in [3.05, 3.63) is 94.0 Å². The molecule has 29 heavy (non-hydrogen) atoms. The molecule has 0 bridgehead atoms. The first-order valence-electron chi connectivity index (χ1n) is 9.20. The molecule has 3 aromatic carbocycles. The highest BCUT2D eigenvalue weighted by atomic mass is 35.5. The van der Waals surface area contributed by atoms with E-state index in [9.17, 15) is 0 Å². The van der Waals surface area contributed by atoms with Crippen LogP contribution in [0.1, 0.15) is 31.9 Å². The van der Waals surface area contributed by atoms with Gasteiger partial charge in [-0.2, -0.15) is 5.10 Å². The number of hydrogen-bond donors (Lipinski definition) is 1. The van der Waals surface area contributed by atoms with Crippen molar-refractivity contribution in [2.75, 3.05) is 5.43 Å². The highest BCUT2D eigenvalue weighted by Gasteiger charge is 2.14. The monoisotopic (exact) mass is 424 g/mol. The second-order valence-corrected chi connectivity index (χ2v) is 8.33. The summed E-state index contributed by atoms with van der Waals surface area (Å²) >= 11 is 12.4. The van der Waals surface area contributed by atoms with Crippen LogP contribution in [0.5, 0.6) is 0 Å². The van der Waals surface area contributed by atoms with Crippen molar-refractivity contribution in [1.82, 2.24) is 0 Å². The molecule has 0 aliphatic carbocycles. The van der Waals surface area contributed by atoms with E-state index in [-0.39, 0.29) is 5.41 Å². The standard InChI is InChI=1S/C23H22Cl2N4/c1-23(2,3)17-14-12-16(13-15-17)22(28-26-18-8-5-4-6-9-18)29-27-21-19(24)10-7-11-20(21)25/h4-15,26H,1-3H3. The molecule has 0 saturated carbocycles. The van der Waals surface area contributed by atoms with E-state index in [0.29, 0.717) is 21.6 Å². The fourth-order valence-corrected chi connectivity index (χ4v) is 3.05. The Kier molecular flexibility index (Phi) is 6.68. The number of benzene rings is 3. The Morgan fingerprint density at radius 3 is 2.00 bits per heavy atom. The molecule has 1 N–H and O–H groups in total. The Labute approximate surface area is 181 Å². The maximum Gasteiger partial charge on any atom is 0.201 e. The molecule has 0 spiro atoms. The zero-order valence-corrected chi connectivity index (χ0v) is 18.0. The summed E-state index contributed by atoms with van der Waals surface area (Å²) < 4.78 is 0. The normalized spacial score (nSPS) is 12.4. The minimum absolute atomic E-state index is 0.0602. The molecule has 0 unspecified atom stereocenters. The summed E-state index contributed by atoms with van der Waals surface area (Å²) in [7, 11) is 0. The predicted molar refractivity (Wildman–Crippen MR) is 123 cm³/mol. The number of halogens is 2. The van der Waals surface area contributed by atoms with Gasteiger partial charge in [-0.25, -0.2) is 0 Å². The predicted octanol–water partition coefficient (Wildman–Crippen LogP) is 7.85. The molecule has 0 aromatic heterocycles. The molecule has 0 aliphatic heterocycles. The lowest BCUT2D eigenvalue weighted by atomic mass is 9.87. The van der Waals surface area contributed by atoms with E-state index in [1.807, 2.05) is 42.5 Å². The van der Waals surface area contributed by atoms with E-state index in [1.54, 1.807) is 18.2 Å². The maximum atomic E-state index is 6.21. The number of anilines is 1. The van der Waals surface area contributed by atoms with Gasteiger partial charge in [0.05, 0.1) is 15.7 Å². The summed E-state index contributed by atoms with van der Waals surface area (Å²) in [6, 6.07) is 23.0. The van der Waals surface area contributed by atoms with Crippen LogP contribution in [0.2, 0.25) is 10.0 Å². The number of rotatable bonds is 4. The third-order valence-corrected chi connectivity index (χ3v) is 4.87. The number of amidine groups is 1. The topological polar surface area (TPSA) is 49.1 Å². The third-order valence-electron chi connectivity index (χ3n) is 4.26. The van der Waals surface area contributed by atoms with Crippen LogP contribution in [0.25, 0.3) is 0 Å². The molecule has 4 nitrogen and oxygen atoms in total. The Hall–Kier alpha value is -2.69. The molecule has 0 radical (unpaired) electrons. The van der Waals surface area contributed by atoms with Gasteiger partial charge in [0.25, 0.3) is 0 Å². The van der Waals surface area contributed by atoms with Gasteiger partial charge in [0, 0.05) is 5.56 Å². The van der Waals surface area contributed by atoms with Crippen molar-refractivity contribution in [3.8, 4) is 0 Å². The van der Waals surface area contributed by atoms with Gasteiger partial charge in [0.15, 0.2) is 0 Å². The van der Waals surface area contributed by atoms with E-state index in [1.165, 1.54) is 5.56 Å². The highest BCUT2D eigenvalue weighted by molar-refractivity contribution is 6.38. The lowest BCUT2D eigenvalue weighted by Gasteiger charge is -2.19. The van der Waals surface area contributed by atoms with Crippen molar-refractivity contribution < 1.29 is 0 Å². The van der Waals surface area contributed by atoms with Crippen LogP contribution in [0.4, 0.5) is 11.4 Å².